The zero-order chi connectivity index (χ0) is 18.1. The molecule has 4 aromatic heterocycles. The van der Waals surface area contributed by atoms with Crippen LogP contribution >= 0.6 is 0 Å². The Bertz CT molecular complexity index is 1070. The van der Waals surface area contributed by atoms with Crippen LogP contribution in [0.4, 0.5) is 4.39 Å². The van der Waals surface area contributed by atoms with Crippen molar-refractivity contribution in [2.75, 3.05) is 0 Å². The number of pyridine rings is 1. The van der Waals surface area contributed by atoms with Crippen LogP contribution in [0.15, 0.2) is 35.4 Å². The predicted octanol–water partition coefficient (Wildman–Crippen LogP) is 3.17. The van der Waals surface area contributed by atoms with E-state index in [4.69, 9.17) is 4.52 Å². The van der Waals surface area contributed by atoms with Gasteiger partial charge in [-0.25, -0.2) is 18.9 Å². The van der Waals surface area contributed by atoms with Gasteiger partial charge in [0.25, 0.3) is 0 Å². The highest BCUT2D eigenvalue weighted by Gasteiger charge is 2.19. The second-order valence-electron chi connectivity index (χ2n) is 6.05. The molecular formula is C18H17FN6O. The lowest BCUT2D eigenvalue weighted by atomic mass is 10.0. The van der Waals surface area contributed by atoms with E-state index in [0.717, 1.165) is 35.3 Å². The number of aromatic nitrogens is 6. The molecule has 0 saturated heterocycles. The third kappa shape index (κ3) is 2.83. The van der Waals surface area contributed by atoms with E-state index in [1.165, 1.54) is 18.5 Å². The van der Waals surface area contributed by atoms with Crippen molar-refractivity contribution in [1.29, 1.82) is 0 Å². The Balaban J connectivity index is 1.78. The molecule has 0 aliphatic carbocycles. The molecule has 0 aromatic carbocycles. The summed E-state index contributed by atoms with van der Waals surface area (Å²) >= 11 is 0. The molecule has 0 aliphatic heterocycles. The fraction of sp³-hybridized carbons (Fsp3) is 0.278. The van der Waals surface area contributed by atoms with Crippen LogP contribution in [0, 0.1) is 12.7 Å². The van der Waals surface area contributed by atoms with E-state index in [-0.39, 0.29) is 5.69 Å². The summed E-state index contributed by atoms with van der Waals surface area (Å²) in [6.45, 7) is 3.95. The van der Waals surface area contributed by atoms with Crippen LogP contribution in [-0.2, 0) is 12.8 Å². The molecule has 0 unspecified atom stereocenters. The van der Waals surface area contributed by atoms with E-state index in [0.29, 0.717) is 17.9 Å². The maximum atomic E-state index is 14.1. The SMILES string of the molecule is CCCc1c(Cc2conc2-c2ncccc2F)ncn2nc(C)nc12. The fourth-order valence-corrected chi connectivity index (χ4v) is 3.02. The van der Waals surface area contributed by atoms with Crippen LogP contribution in [0.3, 0.4) is 0 Å². The standard InChI is InChI=1S/C18H17FN6O/c1-3-5-13-15(21-10-25-18(13)22-11(2)23-25)8-12-9-26-24-16(12)17-14(19)6-4-7-20-17/h4,6-7,9-10H,3,5,8H2,1-2H3. The van der Waals surface area contributed by atoms with Gasteiger partial charge < -0.3 is 4.52 Å². The van der Waals surface area contributed by atoms with Gasteiger partial charge in [0.15, 0.2) is 11.5 Å². The molecule has 0 saturated carbocycles. The molecule has 4 heterocycles. The van der Waals surface area contributed by atoms with E-state index in [2.05, 4.69) is 32.1 Å². The molecule has 132 valence electrons. The van der Waals surface area contributed by atoms with Crippen molar-refractivity contribution in [3.8, 4) is 11.4 Å². The Morgan fingerprint density at radius 1 is 1.23 bits per heavy atom. The third-order valence-corrected chi connectivity index (χ3v) is 4.16. The van der Waals surface area contributed by atoms with Crippen molar-refractivity contribution in [2.24, 2.45) is 0 Å². The number of fused-ring (bicyclic) bond motifs is 1. The lowest BCUT2D eigenvalue weighted by Gasteiger charge is -2.08. The molecule has 0 amide bonds. The topological polar surface area (TPSA) is 82.0 Å². The maximum Gasteiger partial charge on any atom is 0.162 e. The number of hydrogen-bond donors (Lipinski definition) is 0. The molecule has 0 N–H and O–H groups in total. The molecule has 26 heavy (non-hydrogen) atoms. The minimum Gasteiger partial charge on any atom is -0.364 e. The van der Waals surface area contributed by atoms with Crippen molar-refractivity contribution in [1.82, 2.24) is 29.7 Å². The van der Waals surface area contributed by atoms with Crippen molar-refractivity contribution >= 4 is 5.65 Å². The monoisotopic (exact) mass is 352 g/mol. The Morgan fingerprint density at radius 3 is 2.92 bits per heavy atom. The normalized spacial score (nSPS) is 11.3. The maximum absolute atomic E-state index is 14.1. The highest BCUT2D eigenvalue weighted by atomic mass is 19.1. The Hall–Kier alpha value is -3.16. The minimum absolute atomic E-state index is 0.174. The number of halogens is 1. The summed E-state index contributed by atoms with van der Waals surface area (Å²) in [5.41, 5.74) is 3.98. The molecule has 4 rings (SSSR count). The number of nitrogens with zero attached hydrogens (tertiary/aromatic N) is 6. The van der Waals surface area contributed by atoms with Gasteiger partial charge in [-0.15, -0.1) is 0 Å². The first-order chi connectivity index (χ1) is 12.7. The lowest BCUT2D eigenvalue weighted by molar-refractivity contribution is 0.420. The van der Waals surface area contributed by atoms with Crippen LogP contribution < -0.4 is 0 Å². The molecule has 0 bridgehead atoms. The van der Waals surface area contributed by atoms with E-state index < -0.39 is 5.82 Å². The Labute approximate surface area is 148 Å². The molecule has 0 radical (unpaired) electrons. The van der Waals surface area contributed by atoms with Crippen LogP contribution in [0.1, 0.15) is 36.0 Å². The molecule has 4 aromatic rings. The smallest absolute Gasteiger partial charge is 0.162 e. The fourth-order valence-electron chi connectivity index (χ4n) is 3.02. The predicted molar refractivity (Wildman–Crippen MR) is 92.0 cm³/mol. The van der Waals surface area contributed by atoms with Crippen LogP contribution in [0.25, 0.3) is 17.0 Å². The highest BCUT2D eigenvalue weighted by molar-refractivity contribution is 5.60. The first-order valence-electron chi connectivity index (χ1n) is 8.41. The summed E-state index contributed by atoms with van der Waals surface area (Å²) in [5.74, 6) is 0.260. The molecule has 0 spiro atoms. The highest BCUT2D eigenvalue weighted by Crippen LogP contribution is 2.26. The van der Waals surface area contributed by atoms with Gasteiger partial charge in [0, 0.05) is 23.7 Å². The molecule has 8 heteroatoms. The summed E-state index contributed by atoms with van der Waals surface area (Å²) in [6.07, 6.45) is 6.92. The second-order valence-corrected chi connectivity index (χ2v) is 6.05. The lowest BCUT2D eigenvalue weighted by Crippen LogP contribution is -2.05. The Kier molecular flexibility index (Phi) is 4.16. The number of hydrogen-bond acceptors (Lipinski definition) is 6. The first-order valence-corrected chi connectivity index (χ1v) is 8.41. The van der Waals surface area contributed by atoms with Gasteiger partial charge in [-0.05, 0) is 25.5 Å². The van der Waals surface area contributed by atoms with Gasteiger partial charge in [-0.3, -0.25) is 4.98 Å². The van der Waals surface area contributed by atoms with Gasteiger partial charge in [0.1, 0.15) is 29.8 Å². The second kappa shape index (κ2) is 6.62. The van der Waals surface area contributed by atoms with E-state index in [1.54, 1.807) is 16.9 Å². The van der Waals surface area contributed by atoms with Crippen molar-refractivity contribution in [3.63, 3.8) is 0 Å². The van der Waals surface area contributed by atoms with Gasteiger partial charge in [-0.1, -0.05) is 18.5 Å². The van der Waals surface area contributed by atoms with Crippen LogP contribution in [-0.4, -0.2) is 29.7 Å². The first kappa shape index (κ1) is 16.3. The average Bonchev–Trinajstić information content (AvgIpc) is 3.23. The van der Waals surface area contributed by atoms with Crippen LogP contribution in [0.2, 0.25) is 0 Å². The minimum atomic E-state index is -0.437. The average molecular weight is 352 g/mol. The van der Waals surface area contributed by atoms with Crippen molar-refractivity contribution in [3.05, 3.63) is 59.4 Å². The van der Waals surface area contributed by atoms with Gasteiger partial charge in [0.2, 0.25) is 0 Å². The summed E-state index contributed by atoms with van der Waals surface area (Å²) in [7, 11) is 0. The van der Waals surface area contributed by atoms with Crippen molar-refractivity contribution in [2.45, 2.75) is 33.1 Å². The molecule has 0 fully saturated rings. The van der Waals surface area contributed by atoms with Gasteiger partial charge in [-0.2, -0.15) is 5.10 Å². The third-order valence-electron chi connectivity index (χ3n) is 4.16. The molecule has 0 aliphatic rings. The van der Waals surface area contributed by atoms with Crippen molar-refractivity contribution < 1.29 is 8.91 Å². The van der Waals surface area contributed by atoms with E-state index in [9.17, 15) is 4.39 Å². The van der Waals surface area contributed by atoms with E-state index >= 15 is 0 Å². The summed E-state index contributed by atoms with van der Waals surface area (Å²) in [6, 6.07) is 2.90. The zero-order valence-electron chi connectivity index (χ0n) is 14.5. The van der Waals surface area contributed by atoms with Gasteiger partial charge >= 0.3 is 0 Å². The quantitative estimate of drug-likeness (QED) is 0.549. The van der Waals surface area contributed by atoms with Gasteiger partial charge in [0.05, 0.1) is 5.69 Å². The summed E-state index contributed by atoms with van der Waals surface area (Å²) in [4.78, 5) is 13.2. The molecule has 7 nitrogen and oxygen atoms in total. The zero-order valence-corrected chi connectivity index (χ0v) is 14.5. The molecular weight excluding hydrogens is 335 g/mol. The van der Waals surface area contributed by atoms with E-state index in [1.807, 2.05) is 6.92 Å². The molecule has 0 atom stereocenters. The number of aryl methyl sites for hydroxylation is 2. The summed E-state index contributed by atoms with van der Waals surface area (Å²) < 4.78 is 20.9. The summed E-state index contributed by atoms with van der Waals surface area (Å²) in [5, 5.41) is 8.27. The van der Waals surface area contributed by atoms with Crippen LogP contribution in [0.5, 0.6) is 0 Å². The Morgan fingerprint density at radius 2 is 2.12 bits per heavy atom. The number of rotatable bonds is 5. The largest absolute Gasteiger partial charge is 0.364 e.